The SMILES string of the molecule is CCN(CC1CCCO1)c1c(F)cc(CCl)cc1F. The van der Waals surface area contributed by atoms with Crippen molar-refractivity contribution in [2.24, 2.45) is 0 Å². The summed E-state index contributed by atoms with van der Waals surface area (Å²) in [5, 5.41) is 0. The number of benzene rings is 1. The highest BCUT2D eigenvalue weighted by molar-refractivity contribution is 6.17. The quantitative estimate of drug-likeness (QED) is 0.766. The van der Waals surface area contributed by atoms with Crippen LogP contribution in [-0.4, -0.2) is 25.8 Å². The van der Waals surface area contributed by atoms with E-state index < -0.39 is 11.6 Å². The summed E-state index contributed by atoms with van der Waals surface area (Å²) < 4.78 is 33.6. The molecule has 1 unspecified atom stereocenters. The number of hydrogen-bond donors (Lipinski definition) is 0. The van der Waals surface area contributed by atoms with Gasteiger partial charge in [-0.1, -0.05) is 0 Å². The van der Waals surface area contributed by atoms with Crippen molar-refractivity contribution >= 4 is 17.3 Å². The Hall–Kier alpha value is -0.870. The molecule has 1 fully saturated rings. The van der Waals surface area contributed by atoms with Crippen molar-refractivity contribution in [3.8, 4) is 0 Å². The summed E-state index contributed by atoms with van der Waals surface area (Å²) in [5.41, 5.74) is 0.473. The molecule has 0 amide bonds. The van der Waals surface area contributed by atoms with Crippen LogP contribution < -0.4 is 4.90 Å². The van der Waals surface area contributed by atoms with Gasteiger partial charge in [-0.3, -0.25) is 0 Å². The third-order valence-corrected chi connectivity index (χ3v) is 3.69. The van der Waals surface area contributed by atoms with Gasteiger partial charge < -0.3 is 9.64 Å². The molecule has 1 heterocycles. The molecule has 1 aliphatic rings. The number of halogens is 3. The maximum atomic E-state index is 14.0. The molecule has 0 N–H and O–H groups in total. The van der Waals surface area contributed by atoms with E-state index in [4.69, 9.17) is 16.3 Å². The second-order valence-corrected chi connectivity index (χ2v) is 4.98. The van der Waals surface area contributed by atoms with Gasteiger partial charge in [0.2, 0.25) is 0 Å². The average Bonchev–Trinajstić information content (AvgIpc) is 2.89. The molecule has 1 aliphatic heterocycles. The minimum absolute atomic E-state index is 0.0202. The normalized spacial score (nSPS) is 18.8. The molecular weight excluding hydrogens is 272 g/mol. The summed E-state index contributed by atoms with van der Waals surface area (Å²) in [6.45, 7) is 3.67. The Morgan fingerprint density at radius 3 is 2.53 bits per heavy atom. The molecule has 2 nitrogen and oxygen atoms in total. The van der Waals surface area contributed by atoms with Gasteiger partial charge in [-0.2, -0.15) is 0 Å². The fourth-order valence-electron chi connectivity index (χ4n) is 2.41. The van der Waals surface area contributed by atoms with Crippen molar-refractivity contribution in [2.45, 2.75) is 31.7 Å². The molecule has 1 saturated heterocycles. The molecule has 0 radical (unpaired) electrons. The molecule has 0 aliphatic carbocycles. The first-order chi connectivity index (χ1) is 9.15. The third kappa shape index (κ3) is 3.37. The lowest BCUT2D eigenvalue weighted by atomic mass is 10.1. The monoisotopic (exact) mass is 289 g/mol. The summed E-state index contributed by atoms with van der Waals surface area (Å²) in [4.78, 5) is 1.69. The van der Waals surface area contributed by atoms with E-state index in [0.29, 0.717) is 18.7 Å². The first kappa shape index (κ1) is 14.5. The molecule has 1 aromatic carbocycles. The highest BCUT2D eigenvalue weighted by atomic mass is 35.5. The van der Waals surface area contributed by atoms with Crippen LogP contribution in [0.25, 0.3) is 0 Å². The van der Waals surface area contributed by atoms with Crippen LogP contribution in [0.5, 0.6) is 0 Å². The van der Waals surface area contributed by atoms with Crippen LogP contribution in [0.1, 0.15) is 25.3 Å². The number of ether oxygens (including phenoxy) is 1. The van der Waals surface area contributed by atoms with Gasteiger partial charge in [0.25, 0.3) is 0 Å². The van der Waals surface area contributed by atoms with Crippen LogP contribution in [0.15, 0.2) is 12.1 Å². The lowest BCUT2D eigenvalue weighted by Gasteiger charge is -2.27. The Morgan fingerprint density at radius 2 is 2.05 bits per heavy atom. The van der Waals surface area contributed by atoms with Crippen molar-refractivity contribution in [2.75, 3.05) is 24.6 Å². The highest BCUT2D eigenvalue weighted by Gasteiger charge is 2.23. The Kier molecular flexibility index (Phi) is 4.99. The predicted molar refractivity (Wildman–Crippen MR) is 72.8 cm³/mol. The summed E-state index contributed by atoms with van der Waals surface area (Å²) in [5.74, 6) is -1.02. The molecule has 5 heteroatoms. The standard InChI is InChI=1S/C14H18ClF2NO/c1-2-18(9-11-4-3-5-19-11)14-12(16)6-10(8-15)7-13(14)17/h6-7,11H,2-5,8-9H2,1H3. The van der Waals surface area contributed by atoms with Gasteiger partial charge in [-0.05, 0) is 37.5 Å². The van der Waals surface area contributed by atoms with E-state index >= 15 is 0 Å². The van der Waals surface area contributed by atoms with Gasteiger partial charge in [0, 0.05) is 25.6 Å². The van der Waals surface area contributed by atoms with Crippen molar-refractivity contribution in [3.05, 3.63) is 29.3 Å². The summed E-state index contributed by atoms with van der Waals surface area (Å²) >= 11 is 5.61. The van der Waals surface area contributed by atoms with Crippen molar-refractivity contribution < 1.29 is 13.5 Å². The van der Waals surface area contributed by atoms with Gasteiger partial charge in [0.1, 0.15) is 17.3 Å². The first-order valence-electron chi connectivity index (χ1n) is 6.56. The Bertz CT molecular complexity index is 412. The van der Waals surface area contributed by atoms with Crippen molar-refractivity contribution in [1.29, 1.82) is 0 Å². The van der Waals surface area contributed by atoms with Crippen molar-refractivity contribution in [1.82, 2.24) is 0 Å². The maximum absolute atomic E-state index is 14.0. The van der Waals surface area contributed by atoms with Crippen LogP contribution in [0.2, 0.25) is 0 Å². The third-order valence-electron chi connectivity index (χ3n) is 3.38. The smallest absolute Gasteiger partial charge is 0.149 e. The lowest BCUT2D eigenvalue weighted by Crippen LogP contribution is -2.33. The molecule has 2 rings (SSSR count). The maximum Gasteiger partial charge on any atom is 0.149 e. The molecule has 1 aromatic rings. The Morgan fingerprint density at radius 1 is 1.37 bits per heavy atom. The first-order valence-corrected chi connectivity index (χ1v) is 7.09. The van der Waals surface area contributed by atoms with Crippen LogP contribution in [0.4, 0.5) is 14.5 Å². The topological polar surface area (TPSA) is 12.5 Å². The van der Waals surface area contributed by atoms with E-state index in [0.717, 1.165) is 19.4 Å². The number of nitrogens with zero attached hydrogens (tertiary/aromatic N) is 1. The number of anilines is 1. The van der Waals surface area contributed by atoms with E-state index in [9.17, 15) is 8.78 Å². The Labute approximate surface area is 117 Å². The fraction of sp³-hybridized carbons (Fsp3) is 0.571. The van der Waals surface area contributed by atoms with Crippen LogP contribution in [-0.2, 0) is 10.6 Å². The number of rotatable bonds is 5. The molecule has 19 heavy (non-hydrogen) atoms. The van der Waals surface area contributed by atoms with Crippen LogP contribution >= 0.6 is 11.6 Å². The highest BCUT2D eigenvalue weighted by Crippen LogP contribution is 2.27. The lowest BCUT2D eigenvalue weighted by molar-refractivity contribution is 0.115. The molecular formula is C14H18ClF2NO. The summed E-state index contributed by atoms with van der Waals surface area (Å²) in [6.07, 6.45) is 2.02. The second kappa shape index (κ2) is 6.53. The molecule has 0 bridgehead atoms. The van der Waals surface area contributed by atoms with E-state index in [1.54, 1.807) is 4.90 Å². The zero-order valence-corrected chi connectivity index (χ0v) is 11.7. The second-order valence-electron chi connectivity index (χ2n) is 4.72. The zero-order valence-electron chi connectivity index (χ0n) is 11.0. The number of hydrogen-bond acceptors (Lipinski definition) is 2. The van der Waals surface area contributed by atoms with Crippen LogP contribution in [0, 0.1) is 11.6 Å². The molecule has 106 valence electrons. The van der Waals surface area contributed by atoms with Gasteiger partial charge in [-0.25, -0.2) is 8.78 Å². The van der Waals surface area contributed by atoms with E-state index in [-0.39, 0.29) is 17.7 Å². The van der Waals surface area contributed by atoms with E-state index in [2.05, 4.69) is 0 Å². The van der Waals surface area contributed by atoms with Gasteiger partial charge in [-0.15, -0.1) is 11.6 Å². The number of alkyl halides is 1. The molecule has 1 atom stereocenters. The predicted octanol–water partition coefficient (Wildman–Crippen LogP) is 3.71. The van der Waals surface area contributed by atoms with Gasteiger partial charge in [0.15, 0.2) is 0 Å². The largest absolute Gasteiger partial charge is 0.376 e. The van der Waals surface area contributed by atoms with Crippen LogP contribution in [0.3, 0.4) is 0 Å². The Balaban J connectivity index is 2.21. The fourth-order valence-corrected chi connectivity index (χ4v) is 2.56. The molecule has 0 aromatic heterocycles. The molecule has 0 saturated carbocycles. The minimum atomic E-state index is -0.560. The average molecular weight is 290 g/mol. The number of likely N-dealkylation sites (N-methyl/N-ethyl adjacent to an activating group) is 1. The van der Waals surface area contributed by atoms with Gasteiger partial charge >= 0.3 is 0 Å². The van der Waals surface area contributed by atoms with Crippen molar-refractivity contribution in [3.63, 3.8) is 0 Å². The van der Waals surface area contributed by atoms with E-state index in [1.807, 2.05) is 6.92 Å². The summed E-state index contributed by atoms with van der Waals surface area (Å²) in [6, 6.07) is 2.59. The minimum Gasteiger partial charge on any atom is -0.376 e. The molecule has 0 spiro atoms. The van der Waals surface area contributed by atoms with E-state index in [1.165, 1.54) is 12.1 Å². The summed E-state index contributed by atoms with van der Waals surface area (Å²) in [7, 11) is 0. The van der Waals surface area contributed by atoms with Gasteiger partial charge in [0.05, 0.1) is 6.10 Å². The zero-order chi connectivity index (χ0) is 13.8.